The van der Waals surface area contributed by atoms with Crippen molar-refractivity contribution in [1.29, 1.82) is 0 Å². The lowest BCUT2D eigenvalue weighted by atomic mass is 9.87. The normalized spacial score (nSPS) is 23.5. The van der Waals surface area contributed by atoms with Crippen LogP contribution in [0.3, 0.4) is 0 Å². The minimum atomic E-state index is -0.134. The summed E-state index contributed by atoms with van der Waals surface area (Å²) in [7, 11) is 0. The summed E-state index contributed by atoms with van der Waals surface area (Å²) in [6.45, 7) is 1.77. The maximum Gasteiger partial charge on any atom is 0.126 e. The van der Waals surface area contributed by atoms with Crippen LogP contribution >= 0.6 is 15.9 Å². The van der Waals surface area contributed by atoms with Crippen molar-refractivity contribution in [3.63, 3.8) is 0 Å². The van der Waals surface area contributed by atoms with Gasteiger partial charge in [-0.15, -0.1) is 0 Å². The van der Waals surface area contributed by atoms with Crippen molar-refractivity contribution in [2.45, 2.75) is 38.2 Å². The molecule has 0 aromatic heterocycles. The van der Waals surface area contributed by atoms with Crippen molar-refractivity contribution < 1.29 is 9.50 Å². The molecule has 1 aliphatic carbocycles. The van der Waals surface area contributed by atoms with Crippen LogP contribution in [0.1, 0.15) is 31.2 Å². The number of aliphatic hydroxyl groups excluding tert-OH is 1. The van der Waals surface area contributed by atoms with E-state index in [0.717, 1.165) is 48.8 Å². The van der Waals surface area contributed by atoms with Crippen LogP contribution in [-0.4, -0.2) is 24.3 Å². The van der Waals surface area contributed by atoms with Gasteiger partial charge in [0, 0.05) is 4.47 Å². The molecule has 2 nitrogen and oxygen atoms in total. The molecule has 0 heterocycles. The van der Waals surface area contributed by atoms with Gasteiger partial charge >= 0.3 is 0 Å². The molecule has 0 amide bonds. The molecule has 1 aromatic rings. The van der Waals surface area contributed by atoms with Gasteiger partial charge < -0.3 is 10.4 Å². The highest BCUT2D eigenvalue weighted by Gasteiger charge is 2.18. The fourth-order valence-corrected chi connectivity index (χ4v) is 3.02. The molecule has 106 valence electrons. The molecule has 2 N–H and O–H groups in total. The van der Waals surface area contributed by atoms with Gasteiger partial charge in [-0.3, -0.25) is 0 Å². The molecule has 1 aromatic carbocycles. The second-order valence-corrected chi connectivity index (χ2v) is 6.28. The molecule has 0 spiro atoms. The molecule has 2 rings (SSSR count). The number of rotatable bonds is 5. The van der Waals surface area contributed by atoms with Crippen LogP contribution in [0.15, 0.2) is 22.7 Å². The van der Waals surface area contributed by atoms with Crippen LogP contribution < -0.4 is 5.32 Å². The van der Waals surface area contributed by atoms with E-state index in [9.17, 15) is 9.50 Å². The lowest BCUT2D eigenvalue weighted by Gasteiger charge is -2.25. The quantitative estimate of drug-likeness (QED) is 0.812. The highest BCUT2D eigenvalue weighted by atomic mass is 79.9. The van der Waals surface area contributed by atoms with Crippen molar-refractivity contribution in [2.75, 3.05) is 13.1 Å². The van der Waals surface area contributed by atoms with E-state index in [4.69, 9.17) is 0 Å². The Kier molecular flexibility index (Phi) is 5.79. The van der Waals surface area contributed by atoms with Crippen molar-refractivity contribution in [1.82, 2.24) is 5.32 Å². The van der Waals surface area contributed by atoms with Crippen LogP contribution in [0.4, 0.5) is 4.39 Å². The van der Waals surface area contributed by atoms with E-state index in [1.165, 1.54) is 6.07 Å². The summed E-state index contributed by atoms with van der Waals surface area (Å²) < 4.78 is 14.4. The van der Waals surface area contributed by atoms with E-state index in [1.807, 2.05) is 6.07 Å². The summed E-state index contributed by atoms with van der Waals surface area (Å²) in [4.78, 5) is 0. The molecule has 0 aliphatic heterocycles. The van der Waals surface area contributed by atoms with Crippen LogP contribution in [0.2, 0.25) is 0 Å². The van der Waals surface area contributed by atoms with E-state index < -0.39 is 0 Å². The zero-order valence-electron chi connectivity index (χ0n) is 11.0. The second-order valence-electron chi connectivity index (χ2n) is 5.36. The molecule has 0 saturated heterocycles. The Hall–Kier alpha value is -0.450. The van der Waals surface area contributed by atoms with Crippen molar-refractivity contribution in [3.8, 4) is 0 Å². The number of benzene rings is 1. The average molecular weight is 330 g/mol. The van der Waals surface area contributed by atoms with Gasteiger partial charge in [0.15, 0.2) is 0 Å². The Morgan fingerprint density at radius 1 is 1.26 bits per heavy atom. The predicted octanol–water partition coefficient (Wildman–Crippen LogP) is 3.27. The topological polar surface area (TPSA) is 32.3 Å². The Morgan fingerprint density at radius 3 is 2.74 bits per heavy atom. The molecule has 1 saturated carbocycles. The molecule has 0 radical (unpaired) electrons. The molecule has 4 heteroatoms. The first-order chi connectivity index (χ1) is 9.15. The lowest BCUT2D eigenvalue weighted by Crippen LogP contribution is -2.29. The Bertz CT molecular complexity index is 405. The van der Waals surface area contributed by atoms with Crippen molar-refractivity contribution in [2.24, 2.45) is 5.92 Å². The van der Waals surface area contributed by atoms with Gasteiger partial charge in [-0.2, -0.15) is 0 Å². The Labute approximate surface area is 122 Å². The molecule has 1 fully saturated rings. The van der Waals surface area contributed by atoms with E-state index >= 15 is 0 Å². The van der Waals surface area contributed by atoms with Crippen molar-refractivity contribution in [3.05, 3.63) is 34.1 Å². The van der Waals surface area contributed by atoms with Gasteiger partial charge in [0.2, 0.25) is 0 Å². The largest absolute Gasteiger partial charge is 0.393 e. The third-order valence-electron chi connectivity index (χ3n) is 3.83. The Balaban J connectivity index is 1.68. The number of hydrogen-bond donors (Lipinski definition) is 2. The highest BCUT2D eigenvalue weighted by Crippen LogP contribution is 2.23. The number of halogens is 2. The summed E-state index contributed by atoms with van der Waals surface area (Å²) in [6.07, 6.45) is 4.66. The third-order valence-corrected chi connectivity index (χ3v) is 4.32. The summed E-state index contributed by atoms with van der Waals surface area (Å²) >= 11 is 3.36. The van der Waals surface area contributed by atoms with Gasteiger partial charge in [-0.05, 0) is 74.9 Å². The van der Waals surface area contributed by atoms with E-state index in [1.54, 1.807) is 6.07 Å². The highest BCUT2D eigenvalue weighted by molar-refractivity contribution is 9.10. The minimum Gasteiger partial charge on any atom is -0.393 e. The van der Waals surface area contributed by atoms with Gasteiger partial charge in [0.1, 0.15) is 5.82 Å². The fourth-order valence-electron chi connectivity index (χ4n) is 2.61. The maximum absolute atomic E-state index is 13.5. The summed E-state index contributed by atoms with van der Waals surface area (Å²) in [6, 6.07) is 5.06. The molecule has 1 aliphatic rings. The number of aliphatic hydroxyl groups is 1. The molecular weight excluding hydrogens is 309 g/mol. The van der Waals surface area contributed by atoms with Crippen molar-refractivity contribution >= 4 is 15.9 Å². The molecule has 0 bridgehead atoms. The molecule has 0 atom stereocenters. The predicted molar refractivity (Wildman–Crippen MR) is 78.6 cm³/mol. The zero-order chi connectivity index (χ0) is 13.7. The first kappa shape index (κ1) is 14.9. The summed E-state index contributed by atoms with van der Waals surface area (Å²) in [5.41, 5.74) is 0.751. The summed E-state index contributed by atoms with van der Waals surface area (Å²) in [5.74, 6) is 0.529. The van der Waals surface area contributed by atoms with Gasteiger partial charge in [-0.1, -0.05) is 15.9 Å². The SMILES string of the molecule is OC1CCC(CNCCc2cc(Br)ccc2F)CC1. The van der Waals surface area contributed by atoms with E-state index in [0.29, 0.717) is 12.3 Å². The maximum atomic E-state index is 13.5. The lowest BCUT2D eigenvalue weighted by molar-refractivity contribution is 0.108. The monoisotopic (exact) mass is 329 g/mol. The summed E-state index contributed by atoms with van der Waals surface area (Å²) in [5, 5.41) is 12.8. The molecule has 0 unspecified atom stereocenters. The zero-order valence-corrected chi connectivity index (χ0v) is 12.6. The first-order valence-electron chi connectivity index (χ1n) is 6.98. The third kappa shape index (κ3) is 4.86. The average Bonchev–Trinajstić information content (AvgIpc) is 2.40. The van der Waals surface area contributed by atoms with E-state index in [-0.39, 0.29) is 11.9 Å². The van der Waals surface area contributed by atoms with E-state index in [2.05, 4.69) is 21.2 Å². The minimum absolute atomic E-state index is 0.0907. The fraction of sp³-hybridized carbons (Fsp3) is 0.600. The standard InChI is InChI=1S/C15H21BrFNO/c16-13-3-6-15(17)12(9-13)7-8-18-10-11-1-4-14(19)5-2-11/h3,6,9,11,14,18-19H,1-2,4-5,7-8,10H2. The van der Waals surface area contributed by atoms with Gasteiger partial charge in [-0.25, -0.2) is 4.39 Å². The smallest absolute Gasteiger partial charge is 0.126 e. The van der Waals surface area contributed by atoms with Gasteiger partial charge in [0.05, 0.1) is 6.10 Å². The second kappa shape index (κ2) is 7.36. The molecular formula is C15H21BrFNO. The molecule has 19 heavy (non-hydrogen) atoms. The van der Waals surface area contributed by atoms with Crippen LogP contribution in [0.5, 0.6) is 0 Å². The number of hydrogen-bond acceptors (Lipinski definition) is 2. The Morgan fingerprint density at radius 2 is 2.00 bits per heavy atom. The van der Waals surface area contributed by atoms with Crippen LogP contribution in [-0.2, 0) is 6.42 Å². The van der Waals surface area contributed by atoms with Crippen LogP contribution in [0.25, 0.3) is 0 Å². The number of nitrogens with one attached hydrogen (secondary N) is 1. The first-order valence-corrected chi connectivity index (χ1v) is 7.77. The van der Waals surface area contributed by atoms with Crippen LogP contribution in [0, 0.1) is 11.7 Å². The van der Waals surface area contributed by atoms with Gasteiger partial charge in [0.25, 0.3) is 0 Å².